The van der Waals surface area contributed by atoms with E-state index in [2.05, 4.69) is 0 Å². The van der Waals surface area contributed by atoms with Gasteiger partial charge in [-0.15, -0.1) is 0 Å². The molecule has 20 heavy (non-hydrogen) atoms. The van der Waals surface area contributed by atoms with E-state index in [1.165, 1.54) is 24.3 Å². The molecule has 1 rings (SSSR count). The van der Waals surface area contributed by atoms with Crippen molar-refractivity contribution < 1.29 is 28.2 Å². The van der Waals surface area contributed by atoms with Gasteiger partial charge in [0, 0.05) is 13.0 Å². The van der Waals surface area contributed by atoms with Crippen LogP contribution in [0.25, 0.3) is 0 Å². The van der Waals surface area contributed by atoms with Crippen molar-refractivity contribution in [1.29, 1.82) is 0 Å². The standard InChI is InChI=1S/C12H15NO6S/c1-20(18,19)13(8-2-3-11(14)15)10-6-4-9(5-7-10)12(16)17/h4-7H,2-3,8H2,1H3,(H,14,15)(H,16,17). The molecule has 0 saturated carbocycles. The highest BCUT2D eigenvalue weighted by Crippen LogP contribution is 2.19. The number of aliphatic carboxylic acids is 1. The van der Waals surface area contributed by atoms with Gasteiger partial charge < -0.3 is 10.2 Å². The highest BCUT2D eigenvalue weighted by molar-refractivity contribution is 7.92. The molecular weight excluding hydrogens is 286 g/mol. The number of anilines is 1. The Hall–Kier alpha value is -2.09. The first-order chi connectivity index (χ1) is 9.21. The van der Waals surface area contributed by atoms with Gasteiger partial charge in [-0.1, -0.05) is 0 Å². The number of benzene rings is 1. The number of aromatic carboxylic acids is 1. The van der Waals surface area contributed by atoms with Crippen molar-refractivity contribution in [3.8, 4) is 0 Å². The number of rotatable bonds is 7. The van der Waals surface area contributed by atoms with Crippen LogP contribution in [0.5, 0.6) is 0 Å². The monoisotopic (exact) mass is 301 g/mol. The molecule has 0 heterocycles. The van der Waals surface area contributed by atoms with Gasteiger partial charge in [0.15, 0.2) is 0 Å². The summed E-state index contributed by atoms with van der Waals surface area (Å²) in [5.74, 6) is -2.10. The zero-order chi connectivity index (χ0) is 15.3. The number of carbonyl (C=O) groups is 2. The molecule has 0 atom stereocenters. The highest BCUT2D eigenvalue weighted by Gasteiger charge is 2.17. The van der Waals surface area contributed by atoms with Gasteiger partial charge in [0.1, 0.15) is 0 Å². The SMILES string of the molecule is CS(=O)(=O)N(CCCC(=O)O)c1ccc(C(=O)O)cc1. The van der Waals surface area contributed by atoms with Crippen molar-refractivity contribution in [2.75, 3.05) is 17.1 Å². The van der Waals surface area contributed by atoms with Crippen LogP contribution in [0.2, 0.25) is 0 Å². The van der Waals surface area contributed by atoms with Crippen molar-refractivity contribution in [2.24, 2.45) is 0 Å². The molecule has 0 aromatic heterocycles. The van der Waals surface area contributed by atoms with Crippen molar-refractivity contribution >= 4 is 27.6 Å². The van der Waals surface area contributed by atoms with E-state index >= 15 is 0 Å². The lowest BCUT2D eigenvalue weighted by molar-refractivity contribution is -0.137. The Balaban J connectivity index is 2.94. The van der Waals surface area contributed by atoms with Gasteiger partial charge >= 0.3 is 11.9 Å². The minimum Gasteiger partial charge on any atom is -0.481 e. The molecule has 0 aliphatic rings. The molecule has 0 spiro atoms. The van der Waals surface area contributed by atoms with E-state index in [1.807, 2.05) is 0 Å². The van der Waals surface area contributed by atoms with Gasteiger partial charge in [0.25, 0.3) is 0 Å². The molecule has 0 saturated heterocycles. The number of carboxylic acid groups (broad SMARTS) is 2. The average Bonchev–Trinajstić information content (AvgIpc) is 2.33. The Bertz CT molecular complexity index is 593. The molecule has 8 heteroatoms. The minimum absolute atomic E-state index is 0.0253. The molecule has 0 fully saturated rings. The van der Waals surface area contributed by atoms with Crippen LogP contribution in [0.1, 0.15) is 23.2 Å². The summed E-state index contributed by atoms with van der Waals surface area (Å²) in [6.45, 7) is 0.0253. The van der Waals surface area contributed by atoms with E-state index in [4.69, 9.17) is 10.2 Å². The lowest BCUT2D eigenvalue weighted by Crippen LogP contribution is -2.31. The van der Waals surface area contributed by atoms with E-state index in [9.17, 15) is 18.0 Å². The third-order valence-electron chi connectivity index (χ3n) is 2.55. The summed E-state index contributed by atoms with van der Waals surface area (Å²) in [5, 5.41) is 17.3. The number of carboxylic acids is 2. The van der Waals surface area contributed by atoms with Crippen LogP contribution in [0.3, 0.4) is 0 Å². The molecule has 0 aliphatic carbocycles. The molecule has 0 radical (unpaired) electrons. The Morgan fingerprint density at radius 1 is 1.15 bits per heavy atom. The lowest BCUT2D eigenvalue weighted by atomic mass is 10.2. The highest BCUT2D eigenvalue weighted by atomic mass is 32.2. The van der Waals surface area contributed by atoms with Gasteiger partial charge in [-0.25, -0.2) is 13.2 Å². The van der Waals surface area contributed by atoms with Crippen LogP contribution in [-0.4, -0.2) is 43.4 Å². The van der Waals surface area contributed by atoms with Crippen LogP contribution in [0, 0.1) is 0 Å². The van der Waals surface area contributed by atoms with Gasteiger partial charge in [0.2, 0.25) is 10.0 Å². The smallest absolute Gasteiger partial charge is 0.335 e. The quantitative estimate of drug-likeness (QED) is 0.777. The predicted octanol–water partition coefficient (Wildman–Crippen LogP) is 1.02. The van der Waals surface area contributed by atoms with Crippen molar-refractivity contribution in [2.45, 2.75) is 12.8 Å². The molecule has 1 aromatic rings. The van der Waals surface area contributed by atoms with Gasteiger partial charge in [-0.2, -0.15) is 0 Å². The fourth-order valence-electron chi connectivity index (χ4n) is 1.63. The molecule has 110 valence electrons. The van der Waals surface area contributed by atoms with Crippen LogP contribution in [-0.2, 0) is 14.8 Å². The summed E-state index contributed by atoms with van der Waals surface area (Å²) in [5.41, 5.74) is 0.357. The minimum atomic E-state index is -3.56. The lowest BCUT2D eigenvalue weighted by Gasteiger charge is -2.22. The zero-order valence-corrected chi connectivity index (χ0v) is 11.6. The molecule has 7 nitrogen and oxygen atoms in total. The van der Waals surface area contributed by atoms with Crippen LogP contribution in [0.4, 0.5) is 5.69 Å². The Morgan fingerprint density at radius 3 is 2.10 bits per heavy atom. The third-order valence-corrected chi connectivity index (χ3v) is 3.75. The molecular formula is C12H15NO6S. The maximum atomic E-state index is 11.7. The maximum Gasteiger partial charge on any atom is 0.335 e. The van der Waals surface area contributed by atoms with Crippen molar-refractivity contribution in [1.82, 2.24) is 0 Å². The Kier molecular flexibility index (Phi) is 5.09. The largest absolute Gasteiger partial charge is 0.481 e. The summed E-state index contributed by atoms with van der Waals surface area (Å²) in [4.78, 5) is 21.2. The van der Waals surface area contributed by atoms with E-state index in [1.54, 1.807) is 0 Å². The van der Waals surface area contributed by atoms with Crippen LogP contribution in [0.15, 0.2) is 24.3 Å². The fraction of sp³-hybridized carbons (Fsp3) is 0.333. The van der Waals surface area contributed by atoms with E-state index in [0.717, 1.165) is 10.6 Å². The van der Waals surface area contributed by atoms with E-state index in [-0.39, 0.29) is 24.9 Å². The molecule has 0 amide bonds. The van der Waals surface area contributed by atoms with Crippen molar-refractivity contribution in [3.05, 3.63) is 29.8 Å². The van der Waals surface area contributed by atoms with E-state index in [0.29, 0.717) is 5.69 Å². The molecule has 0 aliphatic heterocycles. The number of sulfonamides is 1. The summed E-state index contributed by atoms with van der Waals surface area (Å²) in [7, 11) is -3.56. The summed E-state index contributed by atoms with van der Waals surface area (Å²) >= 11 is 0. The normalized spacial score (nSPS) is 11.1. The molecule has 0 bridgehead atoms. The third kappa shape index (κ3) is 4.54. The van der Waals surface area contributed by atoms with Crippen LogP contribution >= 0.6 is 0 Å². The Labute approximate surface area is 116 Å². The van der Waals surface area contributed by atoms with E-state index < -0.39 is 22.0 Å². The summed E-state index contributed by atoms with van der Waals surface area (Å²) in [6, 6.07) is 5.36. The molecule has 2 N–H and O–H groups in total. The first-order valence-corrected chi connectivity index (χ1v) is 7.59. The van der Waals surface area contributed by atoms with Gasteiger partial charge in [0.05, 0.1) is 17.5 Å². The number of nitrogens with zero attached hydrogens (tertiary/aromatic N) is 1. The average molecular weight is 301 g/mol. The number of hydrogen-bond acceptors (Lipinski definition) is 4. The topological polar surface area (TPSA) is 112 Å². The van der Waals surface area contributed by atoms with Gasteiger partial charge in [-0.05, 0) is 30.7 Å². The second-order valence-electron chi connectivity index (χ2n) is 4.18. The second kappa shape index (κ2) is 6.38. The predicted molar refractivity (Wildman–Crippen MR) is 72.5 cm³/mol. The molecule has 0 unspecified atom stereocenters. The number of hydrogen-bond donors (Lipinski definition) is 2. The molecule has 1 aromatic carbocycles. The van der Waals surface area contributed by atoms with Crippen molar-refractivity contribution in [3.63, 3.8) is 0 Å². The summed E-state index contributed by atoms with van der Waals surface area (Å²) in [6.07, 6.45) is 1.04. The van der Waals surface area contributed by atoms with Crippen LogP contribution < -0.4 is 4.31 Å². The Morgan fingerprint density at radius 2 is 1.70 bits per heavy atom. The second-order valence-corrected chi connectivity index (χ2v) is 6.09. The first kappa shape index (κ1) is 16.0. The zero-order valence-electron chi connectivity index (χ0n) is 10.8. The maximum absolute atomic E-state index is 11.7. The van der Waals surface area contributed by atoms with Gasteiger partial charge in [-0.3, -0.25) is 9.10 Å². The summed E-state index contributed by atoms with van der Waals surface area (Å²) < 4.78 is 24.4. The first-order valence-electron chi connectivity index (χ1n) is 5.74. The fourth-order valence-corrected chi connectivity index (χ4v) is 2.60.